The molecule has 0 bridgehead atoms. The zero-order chi connectivity index (χ0) is 19.3. The van der Waals surface area contributed by atoms with Gasteiger partial charge in [0.25, 0.3) is 0 Å². The number of hydrogen-bond acceptors (Lipinski definition) is 3. The summed E-state index contributed by atoms with van der Waals surface area (Å²) in [4.78, 5) is 12.6. The van der Waals surface area contributed by atoms with Crippen LogP contribution in [-0.4, -0.2) is 20.7 Å². The van der Waals surface area contributed by atoms with Gasteiger partial charge in [-0.2, -0.15) is 0 Å². The first-order valence-corrected chi connectivity index (χ1v) is 11.1. The van der Waals surface area contributed by atoms with Gasteiger partial charge >= 0.3 is 0 Å². The Bertz CT molecular complexity index is 787. The molecule has 0 saturated heterocycles. The molecule has 150 valence electrons. The van der Waals surface area contributed by atoms with Gasteiger partial charge in [0, 0.05) is 30.1 Å². The van der Waals surface area contributed by atoms with Crippen LogP contribution in [0.5, 0.6) is 0 Å². The van der Waals surface area contributed by atoms with E-state index in [0.717, 1.165) is 54.6 Å². The third-order valence-corrected chi connectivity index (χ3v) is 6.43. The number of amides is 1. The third-order valence-electron chi connectivity index (χ3n) is 6.43. The Morgan fingerprint density at radius 2 is 1.86 bits per heavy atom. The summed E-state index contributed by atoms with van der Waals surface area (Å²) in [5.41, 5.74) is 1.94. The standard InChI is InChI=1S/C23H32N4O/c1-2-6-17-8-10-19(11-9-17)23(28)24-20-14-12-18(13-15-20)22-26-25-21-7-4-3-5-16-27(21)22/h12-15,17,19H,2-11,16H2,1H3,(H,24,28). The summed E-state index contributed by atoms with van der Waals surface area (Å²) in [5, 5.41) is 11.9. The molecule has 1 N–H and O–H groups in total. The molecule has 5 heteroatoms. The van der Waals surface area contributed by atoms with Gasteiger partial charge in [0.05, 0.1) is 0 Å². The number of nitrogens with one attached hydrogen (secondary N) is 1. The zero-order valence-electron chi connectivity index (χ0n) is 17.0. The third kappa shape index (κ3) is 4.29. The summed E-state index contributed by atoms with van der Waals surface area (Å²) < 4.78 is 2.26. The van der Waals surface area contributed by atoms with Crippen molar-refractivity contribution in [2.75, 3.05) is 5.32 Å². The highest BCUT2D eigenvalue weighted by atomic mass is 16.1. The van der Waals surface area contributed by atoms with E-state index in [9.17, 15) is 4.79 Å². The number of fused-ring (bicyclic) bond motifs is 1. The largest absolute Gasteiger partial charge is 0.326 e. The maximum absolute atomic E-state index is 12.6. The number of aryl methyl sites for hydroxylation is 1. The van der Waals surface area contributed by atoms with Gasteiger partial charge in [-0.15, -0.1) is 10.2 Å². The average Bonchev–Trinajstić information content (AvgIpc) is 2.97. The van der Waals surface area contributed by atoms with Crippen molar-refractivity contribution in [1.82, 2.24) is 14.8 Å². The van der Waals surface area contributed by atoms with E-state index in [2.05, 4.69) is 39.1 Å². The Hall–Kier alpha value is -2.17. The molecule has 2 aromatic rings. The number of nitrogens with zero attached hydrogens (tertiary/aromatic N) is 3. The number of hydrogen-bond donors (Lipinski definition) is 1. The lowest BCUT2D eigenvalue weighted by Crippen LogP contribution is -2.27. The minimum absolute atomic E-state index is 0.167. The van der Waals surface area contributed by atoms with Crippen molar-refractivity contribution in [1.29, 1.82) is 0 Å². The maximum Gasteiger partial charge on any atom is 0.227 e. The van der Waals surface area contributed by atoms with Crippen molar-refractivity contribution >= 4 is 11.6 Å². The molecule has 0 radical (unpaired) electrons. The molecule has 5 nitrogen and oxygen atoms in total. The van der Waals surface area contributed by atoms with Crippen LogP contribution in [0.15, 0.2) is 24.3 Å². The Morgan fingerprint density at radius 3 is 2.61 bits per heavy atom. The van der Waals surface area contributed by atoms with Crippen molar-refractivity contribution in [3.8, 4) is 11.4 Å². The zero-order valence-corrected chi connectivity index (χ0v) is 17.0. The Kier molecular flexibility index (Phi) is 6.08. The van der Waals surface area contributed by atoms with Gasteiger partial charge in [-0.25, -0.2) is 0 Å². The normalized spacial score (nSPS) is 22.3. The highest BCUT2D eigenvalue weighted by Gasteiger charge is 2.26. The molecule has 0 atom stereocenters. The summed E-state index contributed by atoms with van der Waals surface area (Å²) in [5.74, 6) is 3.22. The molecule has 28 heavy (non-hydrogen) atoms. The first-order chi connectivity index (χ1) is 13.7. The predicted octanol–water partition coefficient (Wildman–Crippen LogP) is 5.22. The van der Waals surface area contributed by atoms with E-state index in [-0.39, 0.29) is 11.8 Å². The molecular weight excluding hydrogens is 348 g/mol. The SMILES string of the molecule is CCCC1CCC(C(=O)Nc2ccc(-c3nnc4n3CCCCC4)cc2)CC1. The molecule has 1 saturated carbocycles. The number of benzene rings is 1. The van der Waals surface area contributed by atoms with E-state index in [1.54, 1.807) is 0 Å². The summed E-state index contributed by atoms with van der Waals surface area (Å²) in [6.07, 6.45) is 11.7. The van der Waals surface area contributed by atoms with Gasteiger partial charge in [0.1, 0.15) is 5.82 Å². The van der Waals surface area contributed by atoms with E-state index in [0.29, 0.717) is 0 Å². The first-order valence-electron chi connectivity index (χ1n) is 11.1. The van der Waals surface area contributed by atoms with Crippen LogP contribution in [0.2, 0.25) is 0 Å². The van der Waals surface area contributed by atoms with Gasteiger partial charge in [-0.3, -0.25) is 4.79 Å². The number of rotatable bonds is 5. The molecule has 2 heterocycles. The van der Waals surface area contributed by atoms with Gasteiger partial charge in [0.2, 0.25) is 5.91 Å². The second-order valence-corrected chi connectivity index (χ2v) is 8.48. The second kappa shape index (κ2) is 8.89. The number of carbonyl (C=O) groups is 1. The van der Waals surface area contributed by atoms with E-state index >= 15 is 0 Å². The van der Waals surface area contributed by atoms with Crippen molar-refractivity contribution in [3.63, 3.8) is 0 Å². The van der Waals surface area contributed by atoms with Crippen LogP contribution in [0.25, 0.3) is 11.4 Å². The minimum atomic E-state index is 0.167. The Morgan fingerprint density at radius 1 is 1.07 bits per heavy atom. The van der Waals surface area contributed by atoms with E-state index in [1.807, 2.05) is 12.1 Å². The number of anilines is 1. The van der Waals surface area contributed by atoms with Crippen LogP contribution in [0, 0.1) is 11.8 Å². The fraction of sp³-hybridized carbons (Fsp3) is 0.609. The lowest BCUT2D eigenvalue weighted by atomic mass is 9.80. The van der Waals surface area contributed by atoms with Crippen LogP contribution < -0.4 is 5.32 Å². The van der Waals surface area contributed by atoms with Crippen LogP contribution in [-0.2, 0) is 17.8 Å². The molecular formula is C23H32N4O. The Labute approximate surface area is 167 Å². The first kappa shape index (κ1) is 19.2. The van der Waals surface area contributed by atoms with Gasteiger partial charge in [-0.1, -0.05) is 26.2 Å². The topological polar surface area (TPSA) is 59.8 Å². The lowest BCUT2D eigenvalue weighted by molar-refractivity contribution is -0.121. The van der Waals surface area contributed by atoms with Crippen molar-refractivity contribution < 1.29 is 4.79 Å². The molecule has 1 aromatic heterocycles. The lowest BCUT2D eigenvalue weighted by Gasteiger charge is -2.27. The highest BCUT2D eigenvalue weighted by Crippen LogP contribution is 2.32. The van der Waals surface area contributed by atoms with Crippen molar-refractivity contribution in [3.05, 3.63) is 30.1 Å². The van der Waals surface area contributed by atoms with E-state index in [1.165, 1.54) is 44.9 Å². The van der Waals surface area contributed by atoms with Crippen molar-refractivity contribution in [2.24, 2.45) is 11.8 Å². The summed E-state index contributed by atoms with van der Waals surface area (Å²) in [6, 6.07) is 8.09. The van der Waals surface area contributed by atoms with E-state index < -0.39 is 0 Å². The molecule has 0 unspecified atom stereocenters. The summed E-state index contributed by atoms with van der Waals surface area (Å²) in [6.45, 7) is 3.25. The summed E-state index contributed by atoms with van der Waals surface area (Å²) in [7, 11) is 0. The average molecular weight is 381 g/mol. The highest BCUT2D eigenvalue weighted by molar-refractivity contribution is 5.92. The number of carbonyl (C=O) groups excluding carboxylic acids is 1. The van der Waals surface area contributed by atoms with Crippen LogP contribution in [0.4, 0.5) is 5.69 Å². The predicted molar refractivity (Wildman–Crippen MR) is 112 cm³/mol. The second-order valence-electron chi connectivity index (χ2n) is 8.48. The van der Waals surface area contributed by atoms with E-state index in [4.69, 9.17) is 0 Å². The Balaban J connectivity index is 1.38. The number of aromatic nitrogens is 3. The van der Waals surface area contributed by atoms with Crippen molar-refractivity contribution in [2.45, 2.75) is 77.7 Å². The maximum atomic E-state index is 12.6. The van der Waals surface area contributed by atoms with Crippen LogP contribution in [0.1, 0.15) is 70.5 Å². The monoisotopic (exact) mass is 380 g/mol. The smallest absolute Gasteiger partial charge is 0.227 e. The molecule has 2 aliphatic rings. The molecule has 1 fully saturated rings. The molecule has 1 aliphatic carbocycles. The molecule has 1 amide bonds. The molecule has 1 aliphatic heterocycles. The molecule has 4 rings (SSSR count). The van der Waals surface area contributed by atoms with Gasteiger partial charge in [-0.05, 0) is 68.7 Å². The van der Waals surface area contributed by atoms with Crippen LogP contribution in [0.3, 0.4) is 0 Å². The fourth-order valence-electron chi connectivity index (χ4n) is 4.77. The summed E-state index contributed by atoms with van der Waals surface area (Å²) >= 11 is 0. The minimum Gasteiger partial charge on any atom is -0.326 e. The van der Waals surface area contributed by atoms with Crippen LogP contribution >= 0.6 is 0 Å². The fourth-order valence-corrected chi connectivity index (χ4v) is 4.77. The van der Waals surface area contributed by atoms with Gasteiger partial charge < -0.3 is 9.88 Å². The molecule has 1 aromatic carbocycles. The molecule has 0 spiro atoms. The quantitative estimate of drug-likeness (QED) is 0.774. The van der Waals surface area contributed by atoms with Gasteiger partial charge in [0.15, 0.2) is 5.82 Å².